The molecule has 0 aromatic carbocycles. The molecule has 0 bridgehead atoms. The highest BCUT2D eigenvalue weighted by atomic mass is 35.5. The Labute approximate surface area is 108 Å². The molecule has 2 N–H and O–H groups in total. The zero-order valence-electron chi connectivity index (χ0n) is 10.5. The highest BCUT2D eigenvalue weighted by Crippen LogP contribution is 2.36. The standard InChI is InChI=1S/C11H20N4O.ClH/c1-3-15(4-2)8-9-13-10(14-16-9)11(12)6-5-7-11;/h3-8,12H2,1-2H3;1H. The normalized spacial score (nSPS) is 17.6. The molecule has 1 aromatic heterocycles. The van der Waals surface area contributed by atoms with Crippen LogP contribution in [0.2, 0.25) is 0 Å². The molecule has 1 aliphatic rings. The predicted molar refractivity (Wildman–Crippen MR) is 67.9 cm³/mol. The number of nitrogens with zero attached hydrogens (tertiary/aromatic N) is 3. The quantitative estimate of drug-likeness (QED) is 0.872. The smallest absolute Gasteiger partial charge is 0.240 e. The molecular formula is C11H21ClN4O. The van der Waals surface area contributed by atoms with Crippen molar-refractivity contribution < 1.29 is 4.52 Å². The van der Waals surface area contributed by atoms with Gasteiger partial charge in [-0.25, -0.2) is 0 Å². The van der Waals surface area contributed by atoms with Crippen LogP contribution in [0.5, 0.6) is 0 Å². The van der Waals surface area contributed by atoms with Gasteiger partial charge in [0, 0.05) is 0 Å². The molecule has 2 rings (SSSR count). The summed E-state index contributed by atoms with van der Waals surface area (Å²) in [4.78, 5) is 6.63. The Morgan fingerprint density at radius 2 is 2.00 bits per heavy atom. The van der Waals surface area contributed by atoms with Crippen molar-refractivity contribution in [3.8, 4) is 0 Å². The van der Waals surface area contributed by atoms with Crippen LogP contribution in [0.4, 0.5) is 0 Å². The largest absolute Gasteiger partial charge is 0.338 e. The fourth-order valence-corrected chi connectivity index (χ4v) is 1.94. The second-order valence-electron chi connectivity index (χ2n) is 4.48. The Hall–Kier alpha value is -0.650. The van der Waals surface area contributed by atoms with Gasteiger partial charge in [0.1, 0.15) is 0 Å². The highest BCUT2D eigenvalue weighted by Gasteiger charge is 2.38. The first kappa shape index (κ1) is 14.4. The van der Waals surface area contributed by atoms with Gasteiger partial charge in [-0.05, 0) is 32.4 Å². The monoisotopic (exact) mass is 260 g/mol. The van der Waals surface area contributed by atoms with Gasteiger partial charge < -0.3 is 10.3 Å². The maximum Gasteiger partial charge on any atom is 0.240 e. The molecule has 0 aliphatic heterocycles. The number of halogens is 1. The number of nitrogens with two attached hydrogens (primary N) is 1. The Morgan fingerprint density at radius 1 is 1.35 bits per heavy atom. The zero-order chi connectivity index (χ0) is 11.6. The summed E-state index contributed by atoms with van der Waals surface area (Å²) in [5.74, 6) is 1.36. The lowest BCUT2D eigenvalue weighted by Gasteiger charge is -2.34. The third-order valence-corrected chi connectivity index (χ3v) is 3.41. The number of rotatable bonds is 5. The van der Waals surface area contributed by atoms with Crippen molar-refractivity contribution in [2.75, 3.05) is 13.1 Å². The summed E-state index contributed by atoms with van der Waals surface area (Å²) in [5.41, 5.74) is 5.82. The van der Waals surface area contributed by atoms with Gasteiger partial charge in [0.2, 0.25) is 5.89 Å². The van der Waals surface area contributed by atoms with Gasteiger partial charge in [0.05, 0.1) is 12.1 Å². The Bertz CT molecular complexity index is 347. The third kappa shape index (κ3) is 2.97. The highest BCUT2D eigenvalue weighted by molar-refractivity contribution is 5.85. The van der Waals surface area contributed by atoms with Crippen LogP contribution < -0.4 is 5.73 Å². The Balaban J connectivity index is 0.00000144. The molecule has 5 nitrogen and oxygen atoms in total. The van der Waals surface area contributed by atoms with Gasteiger partial charge in [0.15, 0.2) is 5.82 Å². The molecule has 0 saturated heterocycles. The third-order valence-electron chi connectivity index (χ3n) is 3.41. The number of hydrogen-bond acceptors (Lipinski definition) is 5. The predicted octanol–water partition coefficient (Wildman–Crippen LogP) is 1.67. The minimum atomic E-state index is -0.314. The summed E-state index contributed by atoms with van der Waals surface area (Å²) in [5, 5.41) is 3.99. The van der Waals surface area contributed by atoms with Crippen LogP contribution in [-0.2, 0) is 12.1 Å². The van der Waals surface area contributed by atoms with Crippen LogP contribution >= 0.6 is 12.4 Å². The van der Waals surface area contributed by atoms with Crippen molar-refractivity contribution in [3.05, 3.63) is 11.7 Å². The van der Waals surface area contributed by atoms with Crippen molar-refractivity contribution >= 4 is 12.4 Å². The van der Waals surface area contributed by atoms with Crippen molar-refractivity contribution in [1.29, 1.82) is 0 Å². The average Bonchev–Trinajstić information content (AvgIpc) is 2.71. The average molecular weight is 261 g/mol. The molecule has 0 spiro atoms. The van der Waals surface area contributed by atoms with Crippen LogP contribution in [-0.4, -0.2) is 28.1 Å². The van der Waals surface area contributed by atoms with E-state index in [0.29, 0.717) is 11.7 Å². The molecule has 1 fully saturated rings. The van der Waals surface area contributed by atoms with Crippen LogP contribution in [0.25, 0.3) is 0 Å². The number of aromatic nitrogens is 2. The fourth-order valence-electron chi connectivity index (χ4n) is 1.94. The van der Waals surface area contributed by atoms with Crippen LogP contribution in [0.1, 0.15) is 44.8 Å². The van der Waals surface area contributed by atoms with E-state index < -0.39 is 0 Å². The molecule has 0 unspecified atom stereocenters. The molecule has 0 amide bonds. The minimum Gasteiger partial charge on any atom is -0.338 e. The van der Waals surface area contributed by atoms with Gasteiger partial charge in [-0.1, -0.05) is 19.0 Å². The van der Waals surface area contributed by atoms with E-state index in [4.69, 9.17) is 10.3 Å². The summed E-state index contributed by atoms with van der Waals surface area (Å²) in [6.07, 6.45) is 3.10. The lowest BCUT2D eigenvalue weighted by atomic mass is 9.77. The van der Waals surface area contributed by atoms with Gasteiger partial charge >= 0.3 is 0 Å². The van der Waals surface area contributed by atoms with Crippen molar-refractivity contribution in [2.24, 2.45) is 5.73 Å². The lowest BCUT2D eigenvalue weighted by Crippen LogP contribution is -2.44. The molecule has 1 aromatic rings. The molecule has 98 valence electrons. The van der Waals surface area contributed by atoms with Crippen LogP contribution in [0.3, 0.4) is 0 Å². The van der Waals surface area contributed by atoms with Crippen LogP contribution in [0.15, 0.2) is 4.52 Å². The first-order valence-electron chi connectivity index (χ1n) is 6.02. The van der Waals surface area contributed by atoms with E-state index in [1.807, 2.05) is 0 Å². The molecular weight excluding hydrogens is 240 g/mol. The molecule has 1 aliphatic carbocycles. The van der Waals surface area contributed by atoms with E-state index in [0.717, 1.165) is 38.9 Å². The van der Waals surface area contributed by atoms with Crippen molar-refractivity contribution in [3.63, 3.8) is 0 Å². The zero-order valence-corrected chi connectivity index (χ0v) is 11.3. The molecule has 6 heteroatoms. The first-order chi connectivity index (χ1) is 7.68. The summed E-state index contributed by atoms with van der Waals surface area (Å²) in [7, 11) is 0. The van der Waals surface area contributed by atoms with Gasteiger partial charge in [0.25, 0.3) is 0 Å². The van der Waals surface area contributed by atoms with E-state index in [9.17, 15) is 0 Å². The summed E-state index contributed by atoms with van der Waals surface area (Å²) < 4.78 is 5.24. The van der Waals surface area contributed by atoms with Gasteiger partial charge in [-0.2, -0.15) is 4.98 Å². The number of hydrogen-bond donors (Lipinski definition) is 1. The molecule has 1 saturated carbocycles. The molecule has 1 heterocycles. The van der Waals surface area contributed by atoms with Gasteiger partial charge in [-0.15, -0.1) is 12.4 Å². The molecule has 0 radical (unpaired) electrons. The summed E-state index contributed by atoms with van der Waals surface area (Å²) in [6, 6.07) is 0. The van der Waals surface area contributed by atoms with Crippen molar-refractivity contribution in [1.82, 2.24) is 15.0 Å². The van der Waals surface area contributed by atoms with E-state index in [2.05, 4.69) is 28.9 Å². The minimum absolute atomic E-state index is 0. The Kier molecular flexibility index (Phi) is 4.91. The lowest BCUT2D eigenvalue weighted by molar-refractivity contribution is 0.224. The van der Waals surface area contributed by atoms with Crippen molar-refractivity contribution in [2.45, 2.75) is 45.2 Å². The Morgan fingerprint density at radius 3 is 2.47 bits per heavy atom. The summed E-state index contributed by atoms with van der Waals surface area (Å²) in [6.45, 7) is 6.94. The van der Waals surface area contributed by atoms with E-state index >= 15 is 0 Å². The second kappa shape index (κ2) is 5.80. The van der Waals surface area contributed by atoms with E-state index in [-0.39, 0.29) is 17.9 Å². The first-order valence-corrected chi connectivity index (χ1v) is 6.02. The fraction of sp³-hybridized carbons (Fsp3) is 0.818. The van der Waals surface area contributed by atoms with E-state index in [1.165, 1.54) is 0 Å². The maximum absolute atomic E-state index is 6.13. The second-order valence-corrected chi connectivity index (χ2v) is 4.48. The molecule has 17 heavy (non-hydrogen) atoms. The molecule has 0 atom stereocenters. The summed E-state index contributed by atoms with van der Waals surface area (Å²) >= 11 is 0. The maximum atomic E-state index is 6.13. The SMILES string of the molecule is CCN(CC)Cc1nc(C2(N)CCC2)no1.Cl. The van der Waals surface area contributed by atoms with Crippen LogP contribution in [0, 0.1) is 0 Å². The van der Waals surface area contributed by atoms with E-state index in [1.54, 1.807) is 0 Å². The topological polar surface area (TPSA) is 68.2 Å². The van der Waals surface area contributed by atoms with Gasteiger partial charge in [-0.3, -0.25) is 4.90 Å².